The van der Waals surface area contributed by atoms with Crippen LogP contribution in [0.3, 0.4) is 0 Å². The van der Waals surface area contributed by atoms with Gasteiger partial charge in [0.05, 0.1) is 38.6 Å². The zero-order chi connectivity index (χ0) is 69.6. The molecule has 3 saturated heterocycles. The van der Waals surface area contributed by atoms with E-state index in [2.05, 4.69) is 92.1 Å². The number of aliphatic hydroxyl groups is 11. The molecule has 0 aliphatic carbocycles. The maximum Gasteiger partial charge on any atom is 0.220 e. The number of hydrogen-bond acceptors (Lipinski definition) is 18. The summed E-state index contributed by atoms with van der Waals surface area (Å²) in [5, 5.41) is 121. The van der Waals surface area contributed by atoms with Crippen molar-refractivity contribution < 1.29 is 89.4 Å². The number of allylic oxidation sites excluding steroid dienone is 12. The van der Waals surface area contributed by atoms with Gasteiger partial charge in [-0.25, -0.2) is 0 Å². The number of hydrogen-bond donors (Lipinski definition) is 12. The molecule has 17 unspecified atom stereocenters. The van der Waals surface area contributed by atoms with Crippen LogP contribution in [0.4, 0.5) is 0 Å². The molecule has 0 aromatic rings. The van der Waals surface area contributed by atoms with E-state index in [9.17, 15) is 61.0 Å². The highest BCUT2D eigenvalue weighted by atomic mass is 16.8. The lowest BCUT2D eigenvalue weighted by Crippen LogP contribution is -2.66. The summed E-state index contributed by atoms with van der Waals surface area (Å²) < 4.78 is 34.5. The number of ether oxygens (including phenoxy) is 6. The van der Waals surface area contributed by atoms with Crippen molar-refractivity contribution in [3.8, 4) is 0 Å². The van der Waals surface area contributed by atoms with Gasteiger partial charge in [0.1, 0.15) is 73.2 Å². The lowest BCUT2D eigenvalue weighted by Gasteiger charge is -2.48. The lowest BCUT2D eigenvalue weighted by molar-refractivity contribution is -0.379. The van der Waals surface area contributed by atoms with Crippen LogP contribution in [-0.2, 0) is 33.2 Å². The fourth-order valence-corrected chi connectivity index (χ4v) is 12.7. The third kappa shape index (κ3) is 38.3. The molecule has 0 aromatic carbocycles. The van der Waals surface area contributed by atoms with Crippen molar-refractivity contribution in [2.75, 3.05) is 26.4 Å². The van der Waals surface area contributed by atoms with E-state index < -0.39 is 124 Å². The Morgan fingerprint density at radius 3 is 1.12 bits per heavy atom. The lowest BCUT2D eigenvalue weighted by atomic mass is 9.96. The van der Waals surface area contributed by atoms with Crippen molar-refractivity contribution in [2.24, 2.45) is 0 Å². The average Bonchev–Trinajstić information content (AvgIpc) is 0.798. The van der Waals surface area contributed by atoms with Crippen molar-refractivity contribution in [3.63, 3.8) is 0 Å². The molecule has 17 atom stereocenters. The topological polar surface area (TPSA) is 307 Å². The Balaban J connectivity index is 1.34. The largest absolute Gasteiger partial charge is 0.394 e. The maximum atomic E-state index is 13.5. The first kappa shape index (κ1) is 87.4. The number of nitrogens with one attached hydrogen (secondary N) is 1. The van der Waals surface area contributed by atoms with E-state index in [4.69, 9.17) is 28.4 Å². The molecule has 3 fully saturated rings. The van der Waals surface area contributed by atoms with E-state index in [1.54, 1.807) is 0 Å². The molecule has 3 aliphatic rings. The Bertz CT molecular complexity index is 2020. The third-order valence-corrected chi connectivity index (χ3v) is 18.8. The third-order valence-electron chi connectivity index (χ3n) is 18.8. The molecule has 12 N–H and O–H groups in total. The van der Waals surface area contributed by atoms with Gasteiger partial charge in [0, 0.05) is 6.42 Å². The van der Waals surface area contributed by atoms with Gasteiger partial charge in [0.25, 0.3) is 0 Å². The van der Waals surface area contributed by atoms with Crippen molar-refractivity contribution in [1.82, 2.24) is 5.32 Å². The second-order valence-electron chi connectivity index (χ2n) is 27.1. The Labute approximate surface area is 578 Å². The first-order chi connectivity index (χ1) is 46.8. The van der Waals surface area contributed by atoms with Crippen molar-refractivity contribution in [1.29, 1.82) is 0 Å². The summed E-state index contributed by atoms with van der Waals surface area (Å²) in [7, 11) is 0. The molecule has 3 aliphatic heterocycles. The highest BCUT2D eigenvalue weighted by Crippen LogP contribution is 2.33. The molecule has 0 spiro atoms. The van der Waals surface area contributed by atoms with E-state index >= 15 is 0 Å². The van der Waals surface area contributed by atoms with Crippen molar-refractivity contribution in [3.05, 3.63) is 72.9 Å². The molecule has 558 valence electrons. The maximum absolute atomic E-state index is 13.5. The zero-order valence-corrected chi connectivity index (χ0v) is 59.3. The normalized spacial score (nSPS) is 27.4. The molecule has 0 aromatic heterocycles. The monoisotopic (exact) mass is 1360 g/mol. The summed E-state index contributed by atoms with van der Waals surface area (Å²) in [6, 6.07) is -0.890. The SMILES string of the molecule is CC/C=C\C/C=C\C/C=C\C/C=C\C/C=C\C/C=C\CCCCCCCCCCCCCCCCCCC(=O)NC(COC1OC(CO)C(OC2OC(CO)C(OC3OC(CO)C(O)C(O)C3O)C(O)C2O)C(O)C1O)C(O)CCCCCCCCCCCCCCCCCC. The minimum absolute atomic E-state index is 0.242. The van der Waals surface area contributed by atoms with Crippen LogP contribution in [0.15, 0.2) is 72.9 Å². The molecule has 3 heterocycles. The molecular formula is C77H137NO18. The van der Waals surface area contributed by atoms with E-state index in [0.717, 1.165) is 83.5 Å². The van der Waals surface area contributed by atoms with Gasteiger partial charge in [0.15, 0.2) is 18.9 Å². The molecule has 0 saturated carbocycles. The van der Waals surface area contributed by atoms with Gasteiger partial charge in [-0.3, -0.25) is 4.79 Å². The van der Waals surface area contributed by atoms with Crippen molar-refractivity contribution >= 4 is 5.91 Å². The van der Waals surface area contributed by atoms with Gasteiger partial charge in [-0.2, -0.15) is 0 Å². The highest BCUT2D eigenvalue weighted by Gasteiger charge is 2.53. The number of aliphatic hydroxyl groups excluding tert-OH is 11. The second-order valence-corrected chi connectivity index (χ2v) is 27.1. The fraction of sp³-hybridized carbons (Fsp3) is 0.831. The van der Waals surface area contributed by atoms with Gasteiger partial charge < -0.3 is 89.9 Å². The van der Waals surface area contributed by atoms with Gasteiger partial charge in [0.2, 0.25) is 5.91 Å². The van der Waals surface area contributed by atoms with Crippen LogP contribution in [-0.4, -0.2) is 193 Å². The highest BCUT2D eigenvalue weighted by molar-refractivity contribution is 5.76. The smallest absolute Gasteiger partial charge is 0.220 e. The van der Waals surface area contributed by atoms with Crippen LogP contribution in [0.25, 0.3) is 0 Å². The molecule has 0 radical (unpaired) electrons. The predicted molar refractivity (Wildman–Crippen MR) is 378 cm³/mol. The van der Waals surface area contributed by atoms with Crippen LogP contribution in [0.5, 0.6) is 0 Å². The van der Waals surface area contributed by atoms with Gasteiger partial charge >= 0.3 is 0 Å². The fourth-order valence-electron chi connectivity index (χ4n) is 12.7. The molecule has 19 heteroatoms. The van der Waals surface area contributed by atoms with Gasteiger partial charge in [-0.1, -0.05) is 279 Å². The summed E-state index contributed by atoms with van der Waals surface area (Å²) >= 11 is 0. The van der Waals surface area contributed by atoms with E-state index in [-0.39, 0.29) is 18.9 Å². The van der Waals surface area contributed by atoms with Crippen LogP contribution >= 0.6 is 0 Å². The number of carbonyl (C=O) groups is 1. The Hall–Kier alpha value is -2.77. The molecule has 1 amide bonds. The Morgan fingerprint density at radius 2 is 0.719 bits per heavy atom. The second kappa shape index (κ2) is 57.8. The summed E-state index contributed by atoms with van der Waals surface area (Å²) in [6.45, 7) is 1.70. The van der Waals surface area contributed by atoms with Gasteiger partial charge in [-0.05, 0) is 64.2 Å². The number of unbranched alkanes of at least 4 members (excludes halogenated alkanes) is 31. The Kier molecular flexibility index (Phi) is 52.7. The number of carbonyl (C=O) groups excluding carboxylic acids is 1. The minimum atomic E-state index is -1.97. The van der Waals surface area contributed by atoms with E-state index in [1.807, 2.05) is 0 Å². The molecular weight excluding hydrogens is 1230 g/mol. The standard InChI is InChI=1S/C77H137NO18/c1-3-5-7-9-11-13-15-17-19-21-22-23-24-25-26-27-28-29-30-31-32-33-34-35-36-37-38-39-41-43-45-47-49-51-53-55-65(83)78-60(61(82)54-52-50-48-46-44-42-40-20-18-16-14-12-10-8-6-4-2)59-91-75-71(89)68(86)73(63(57-80)93-75)96-77-72(90)69(87)74(64(58-81)94-77)95-76-70(88)67(85)66(84)62(56-79)92-76/h5,7,11,13,17,19,22-23,25-26,28-29,60-64,66-77,79-82,84-90H,3-4,6,8-10,12,14-16,18,20-21,24,27,30-59H2,1-2H3,(H,78,83)/b7-5-,13-11-,19-17-,23-22-,26-25-,29-28-. The number of rotatable bonds is 59. The van der Waals surface area contributed by atoms with Gasteiger partial charge in [-0.15, -0.1) is 0 Å². The van der Waals surface area contributed by atoms with Crippen LogP contribution in [0.1, 0.15) is 277 Å². The van der Waals surface area contributed by atoms with Crippen LogP contribution in [0.2, 0.25) is 0 Å². The molecule has 0 bridgehead atoms. The summed E-state index contributed by atoms with van der Waals surface area (Å²) in [6.07, 6.45) is 47.0. The predicted octanol–water partition coefficient (Wildman–Crippen LogP) is 11.7. The molecule has 96 heavy (non-hydrogen) atoms. The summed E-state index contributed by atoms with van der Waals surface area (Å²) in [4.78, 5) is 13.5. The first-order valence-electron chi connectivity index (χ1n) is 38.2. The number of amides is 1. The average molecular weight is 1360 g/mol. The molecule has 3 rings (SSSR count). The van der Waals surface area contributed by atoms with Crippen LogP contribution < -0.4 is 5.32 Å². The quantitative estimate of drug-likeness (QED) is 0.0199. The minimum Gasteiger partial charge on any atom is -0.394 e. The summed E-state index contributed by atoms with van der Waals surface area (Å²) in [5.74, 6) is -0.242. The van der Waals surface area contributed by atoms with Crippen molar-refractivity contribution in [2.45, 2.75) is 381 Å². The molecule has 19 nitrogen and oxygen atoms in total. The van der Waals surface area contributed by atoms with E-state index in [0.29, 0.717) is 12.8 Å². The summed E-state index contributed by atoms with van der Waals surface area (Å²) in [5.41, 5.74) is 0. The Morgan fingerprint density at radius 1 is 0.385 bits per heavy atom. The van der Waals surface area contributed by atoms with E-state index in [1.165, 1.54) is 161 Å². The van der Waals surface area contributed by atoms with Crippen LogP contribution in [0, 0.1) is 0 Å². The first-order valence-corrected chi connectivity index (χ1v) is 38.2. The zero-order valence-electron chi connectivity index (χ0n) is 59.3.